The van der Waals surface area contributed by atoms with Crippen LogP contribution in [0.4, 0.5) is 5.69 Å². The van der Waals surface area contributed by atoms with Crippen LogP contribution in [0, 0.1) is 27.7 Å². The molecule has 1 aliphatic heterocycles. The van der Waals surface area contributed by atoms with E-state index in [2.05, 4.69) is 16.5 Å². The maximum atomic E-state index is 15.3. The zero-order valence-electron chi connectivity index (χ0n) is 32.2. The Morgan fingerprint density at radius 3 is 2.41 bits per heavy atom. The SMILES string of the molecule is Cc1cc(OCCCc2c3n(c4c(-c5c(C)nn(C)c5C)c(Cl)ccc24)C(C)CN(c2cccc4c(C(=O)O)cn(Cc5ccccn5)c24)C3=O)cc(C)c1Cl. The number of benzene rings is 3. The molecule has 1 amide bonds. The summed E-state index contributed by atoms with van der Waals surface area (Å²) in [5.41, 5.74) is 10.2. The summed E-state index contributed by atoms with van der Waals surface area (Å²) in [5.74, 6) is -0.455. The first-order chi connectivity index (χ1) is 26.8. The molecular formula is C44H42Cl2N6O4. The second-order valence-electron chi connectivity index (χ2n) is 14.7. The van der Waals surface area contributed by atoms with Gasteiger partial charge in [0.2, 0.25) is 0 Å². The molecule has 0 saturated heterocycles. The van der Waals surface area contributed by atoms with Crippen LogP contribution in [0.5, 0.6) is 5.75 Å². The smallest absolute Gasteiger partial charge is 0.337 e. The molecule has 1 aliphatic rings. The maximum absolute atomic E-state index is 15.3. The fourth-order valence-corrected chi connectivity index (χ4v) is 8.81. The lowest BCUT2D eigenvalue weighted by atomic mass is 9.98. The molecule has 5 heterocycles. The molecule has 56 heavy (non-hydrogen) atoms. The molecule has 1 N–H and O–H groups in total. The Labute approximate surface area is 334 Å². The number of aromatic nitrogens is 5. The van der Waals surface area contributed by atoms with Gasteiger partial charge in [0.1, 0.15) is 11.4 Å². The van der Waals surface area contributed by atoms with Gasteiger partial charge in [0, 0.05) is 64.6 Å². The summed E-state index contributed by atoms with van der Waals surface area (Å²) in [6.07, 6.45) is 4.56. The number of carbonyl (C=O) groups excluding carboxylic acids is 1. The van der Waals surface area contributed by atoms with Crippen LogP contribution < -0.4 is 9.64 Å². The summed E-state index contributed by atoms with van der Waals surface area (Å²) in [6.45, 7) is 11.2. The Hall–Kier alpha value is -5.58. The first kappa shape index (κ1) is 37.3. The van der Waals surface area contributed by atoms with E-state index < -0.39 is 5.97 Å². The van der Waals surface area contributed by atoms with E-state index in [0.717, 1.165) is 66.6 Å². The summed E-state index contributed by atoms with van der Waals surface area (Å²) < 4.78 is 12.2. The molecule has 0 bridgehead atoms. The minimum atomic E-state index is -1.04. The number of pyridine rings is 1. The summed E-state index contributed by atoms with van der Waals surface area (Å²) in [7, 11) is 1.92. The highest BCUT2D eigenvalue weighted by atomic mass is 35.5. The monoisotopic (exact) mass is 788 g/mol. The number of carboxylic acid groups (broad SMARTS) is 1. The van der Waals surface area contributed by atoms with Gasteiger partial charge >= 0.3 is 5.97 Å². The number of aryl methyl sites for hydroxylation is 5. The molecule has 10 nitrogen and oxygen atoms in total. The summed E-state index contributed by atoms with van der Waals surface area (Å²) >= 11 is 13.6. The summed E-state index contributed by atoms with van der Waals surface area (Å²) in [5, 5.41) is 17.8. The zero-order valence-corrected chi connectivity index (χ0v) is 33.7. The molecule has 1 unspecified atom stereocenters. The van der Waals surface area contributed by atoms with Gasteiger partial charge in [-0.3, -0.25) is 14.5 Å². The van der Waals surface area contributed by atoms with Gasteiger partial charge in [-0.25, -0.2) is 4.79 Å². The van der Waals surface area contributed by atoms with Crippen molar-refractivity contribution in [2.75, 3.05) is 18.1 Å². The number of halogens is 2. The minimum absolute atomic E-state index is 0.164. The lowest BCUT2D eigenvalue weighted by Crippen LogP contribution is -2.43. The molecule has 1 atom stereocenters. The van der Waals surface area contributed by atoms with E-state index in [1.54, 1.807) is 18.5 Å². The van der Waals surface area contributed by atoms with Gasteiger partial charge in [-0.1, -0.05) is 47.5 Å². The number of para-hydroxylation sites is 1. The second kappa shape index (κ2) is 14.5. The first-order valence-corrected chi connectivity index (χ1v) is 19.4. The predicted molar refractivity (Wildman–Crippen MR) is 222 cm³/mol. The third-order valence-electron chi connectivity index (χ3n) is 11.0. The Morgan fingerprint density at radius 1 is 0.964 bits per heavy atom. The Kier molecular flexibility index (Phi) is 9.66. The fourth-order valence-electron chi connectivity index (χ4n) is 8.46. The van der Waals surface area contributed by atoms with Crippen LogP contribution in [0.15, 0.2) is 73.1 Å². The van der Waals surface area contributed by atoms with Gasteiger partial charge in [0.15, 0.2) is 0 Å². The number of hydrogen-bond acceptors (Lipinski definition) is 5. The van der Waals surface area contributed by atoms with Gasteiger partial charge in [0.25, 0.3) is 5.91 Å². The van der Waals surface area contributed by atoms with Gasteiger partial charge < -0.3 is 23.9 Å². The van der Waals surface area contributed by atoms with Gasteiger partial charge in [-0.15, -0.1) is 0 Å². The Balaban J connectivity index is 1.28. The van der Waals surface area contributed by atoms with Crippen LogP contribution in [0.2, 0.25) is 10.0 Å². The molecular weight excluding hydrogens is 747 g/mol. The van der Waals surface area contributed by atoms with Gasteiger partial charge in [-0.05, 0) is 101 Å². The predicted octanol–water partition coefficient (Wildman–Crippen LogP) is 9.91. The van der Waals surface area contributed by atoms with E-state index in [4.69, 9.17) is 33.0 Å². The number of fused-ring (bicyclic) bond motifs is 4. The number of amides is 1. The highest BCUT2D eigenvalue weighted by Gasteiger charge is 2.38. The molecule has 0 saturated carbocycles. The van der Waals surface area contributed by atoms with Crippen molar-refractivity contribution in [2.24, 2.45) is 7.05 Å². The number of nitrogens with zero attached hydrogens (tertiary/aromatic N) is 6. The summed E-state index contributed by atoms with van der Waals surface area (Å²) in [6, 6.07) is 18.8. The van der Waals surface area contributed by atoms with E-state index >= 15 is 4.79 Å². The fraction of sp³-hybridized carbons (Fsp3) is 0.273. The van der Waals surface area contributed by atoms with Crippen LogP contribution in [-0.2, 0) is 20.0 Å². The maximum Gasteiger partial charge on any atom is 0.337 e. The lowest BCUT2D eigenvalue weighted by Gasteiger charge is -2.35. The van der Waals surface area contributed by atoms with E-state index in [1.807, 2.05) is 103 Å². The molecule has 4 aromatic heterocycles. The molecule has 0 spiro atoms. The van der Waals surface area contributed by atoms with Crippen molar-refractivity contribution < 1.29 is 19.4 Å². The normalized spacial score (nSPS) is 14.2. The molecule has 0 aliphatic carbocycles. The van der Waals surface area contributed by atoms with Crippen LogP contribution in [0.1, 0.15) is 74.0 Å². The number of carbonyl (C=O) groups is 2. The average Bonchev–Trinajstić information content (AvgIpc) is 3.79. The number of aromatic carboxylic acids is 1. The minimum Gasteiger partial charge on any atom is -0.494 e. The van der Waals surface area contributed by atoms with Gasteiger partial charge in [0.05, 0.1) is 51.8 Å². The standard InChI is InChI=1S/C44H42Cl2N6O4/c1-24-19-30(20-25(2)39(24)46)56-18-10-13-31-33-15-16-35(45)38(37-27(4)48-49(6)28(37)5)41(33)52-26(3)21-51(43(53)42(31)52)36-14-9-12-32-34(44(54)55)23-50(40(32)36)22-29-11-7-8-17-47-29/h7-9,11-12,14-17,19-20,23,26H,10,13,18,21-22H2,1-6H3,(H,54,55). The molecule has 0 fully saturated rings. The van der Waals surface area contributed by atoms with Crippen LogP contribution >= 0.6 is 23.2 Å². The molecule has 0 radical (unpaired) electrons. The van der Waals surface area contributed by atoms with Crippen molar-refractivity contribution in [3.8, 4) is 16.9 Å². The topological polar surface area (TPSA) is 107 Å². The number of hydrogen-bond donors (Lipinski definition) is 1. The first-order valence-electron chi connectivity index (χ1n) is 18.7. The molecule has 7 aromatic rings. The van der Waals surface area contributed by atoms with Crippen molar-refractivity contribution in [3.05, 3.63) is 128 Å². The van der Waals surface area contributed by atoms with Crippen LogP contribution in [-0.4, -0.2) is 54.0 Å². The largest absolute Gasteiger partial charge is 0.494 e. The third-order valence-corrected chi connectivity index (χ3v) is 11.9. The Morgan fingerprint density at radius 2 is 1.73 bits per heavy atom. The van der Waals surface area contributed by atoms with E-state index in [1.165, 1.54) is 0 Å². The zero-order chi connectivity index (χ0) is 39.6. The average molecular weight is 790 g/mol. The third kappa shape index (κ3) is 6.21. The quantitative estimate of drug-likeness (QED) is 0.138. The number of rotatable bonds is 10. The van der Waals surface area contributed by atoms with E-state index in [-0.39, 0.29) is 17.5 Å². The Bertz CT molecular complexity index is 2690. The number of carboxylic acids is 1. The molecule has 12 heteroatoms. The number of anilines is 1. The van der Waals surface area contributed by atoms with Crippen LogP contribution in [0.3, 0.4) is 0 Å². The molecule has 286 valence electrons. The highest BCUT2D eigenvalue weighted by molar-refractivity contribution is 6.35. The second-order valence-corrected chi connectivity index (χ2v) is 15.5. The lowest BCUT2D eigenvalue weighted by molar-refractivity contribution is 0.0698. The van der Waals surface area contributed by atoms with Crippen molar-refractivity contribution in [1.29, 1.82) is 0 Å². The highest BCUT2D eigenvalue weighted by Crippen LogP contribution is 2.46. The summed E-state index contributed by atoms with van der Waals surface area (Å²) in [4.78, 5) is 34.2. The van der Waals surface area contributed by atoms with Crippen molar-refractivity contribution in [3.63, 3.8) is 0 Å². The van der Waals surface area contributed by atoms with Crippen LogP contribution in [0.25, 0.3) is 32.9 Å². The molecule has 8 rings (SSSR count). The van der Waals surface area contributed by atoms with E-state index in [0.29, 0.717) is 59.8 Å². The van der Waals surface area contributed by atoms with E-state index in [9.17, 15) is 9.90 Å². The van der Waals surface area contributed by atoms with Crippen molar-refractivity contribution >= 4 is 62.6 Å². The molecule has 3 aromatic carbocycles. The van der Waals surface area contributed by atoms with Gasteiger partial charge in [-0.2, -0.15) is 5.10 Å². The number of ether oxygens (including phenoxy) is 1. The van der Waals surface area contributed by atoms with Crippen molar-refractivity contribution in [2.45, 2.75) is 60.0 Å². The van der Waals surface area contributed by atoms with Crippen molar-refractivity contribution in [1.82, 2.24) is 23.9 Å².